The van der Waals surface area contributed by atoms with E-state index >= 15 is 0 Å². The highest BCUT2D eigenvalue weighted by Crippen LogP contribution is 2.19. The normalized spacial score (nSPS) is 13.4. The average Bonchev–Trinajstić information content (AvgIpc) is 2.88. The predicted octanol–water partition coefficient (Wildman–Crippen LogP) is 5.39. The number of nitrogens with one attached hydrogen (secondary N) is 2. The van der Waals surface area contributed by atoms with Gasteiger partial charge < -0.3 is 26.0 Å². The second kappa shape index (κ2) is 23.9. The molecule has 0 radical (unpaired) electrons. The molecule has 0 heterocycles. The lowest BCUT2D eigenvalue weighted by atomic mass is 9.87. The van der Waals surface area contributed by atoms with E-state index in [1.54, 1.807) is 13.8 Å². The van der Waals surface area contributed by atoms with Crippen LogP contribution in [0.1, 0.15) is 143 Å². The monoisotopic (exact) mass is 528 g/mol. The van der Waals surface area contributed by atoms with Gasteiger partial charge in [-0.1, -0.05) is 117 Å². The van der Waals surface area contributed by atoms with E-state index in [2.05, 4.69) is 17.6 Å². The van der Waals surface area contributed by atoms with Crippen molar-refractivity contribution in [2.24, 2.45) is 5.41 Å². The fourth-order valence-corrected chi connectivity index (χ4v) is 4.39. The van der Waals surface area contributed by atoms with Crippen LogP contribution in [0.25, 0.3) is 0 Å². The van der Waals surface area contributed by atoms with Crippen molar-refractivity contribution in [1.29, 1.82) is 0 Å². The van der Waals surface area contributed by atoms with Gasteiger partial charge in [0.1, 0.15) is 6.10 Å². The van der Waals surface area contributed by atoms with Gasteiger partial charge in [0.05, 0.1) is 12.7 Å². The zero-order chi connectivity index (χ0) is 27.8. The summed E-state index contributed by atoms with van der Waals surface area (Å²) >= 11 is 0. The molecule has 0 aromatic rings. The highest BCUT2D eigenvalue weighted by Gasteiger charge is 2.32. The zero-order valence-corrected chi connectivity index (χ0v) is 24.4. The second-order valence-electron chi connectivity index (χ2n) is 11.5. The van der Waals surface area contributed by atoms with Crippen LogP contribution in [0.5, 0.6) is 0 Å². The Morgan fingerprint density at radius 1 is 0.676 bits per heavy atom. The minimum atomic E-state index is -1.33. The molecule has 0 bridgehead atoms. The summed E-state index contributed by atoms with van der Waals surface area (Å²) in [6.07, 6.45) is 20.8. The minimum absolute atomic E-state index is 0.125. The van der Waals surface area contributed by atoms with E-state index in [1.165, 1.54) is 89.9 Å². The van der Waals surface area contributed by atoms with Gasteiger partial charge in [-0.2, -0.15) is 0 Å². The summed E-state index contributed by atoms with van der Waals surface area (Å²) in [5.74, 6) is -0.762. The third-order valence-corrected chi connectivity index (χ3v) is 7.22. The third kappa shape index (κ3) is 21.4. The first-order chi connectivity index (χ1) is 17.7. The molecule has 0 spiro atoms. The Hall–Kier alpha value is -1.18. The molecule has 7 heteroatoms. The maximum absolute atomic E-state index is 11.9. The highest BCUT2D eigenvalue weighted by atomic mass is 16.3. The number of hydrogen-bond acceptors (Lipinski definition) is 5. The molecule has 0 rings (SSSR count). The van der Waals surface area contributed by atoms with Crippen molar-refractivity contribution in [1.82, 2.24) is 10.6 Å². The van der Waals surface area contributed by atoms with Gasteiger partial charge >= 0.3 is 0 Å². The van der Waals surface area contributed by atoms with E-state index in [1.807, 2.05) is 0 Å². The Bertz CT molecular complexity index is 556. The number of aliphatic hydroxyl groups excluding tert-OH is 3. The maximum Gasteiger partial charge on any atom is 0.249 e. The summed E-state index contributed by atoms with van der Waals surface area (Å²) in [7, 11) is 0. The van der Waals surface area contributed by atoms with Crippen molar-refractivity contribution >= 4 is 11.8 Å². The minimum Gasteiger partial charge on any atom is -0.396 e. The SMILES string of the molecule is CCCCCCCCCCCCCCCCCC(O)CCCNC(=O)CCNC(=O)C(O)C(C)(C)CO. The molecule has 2 unspecified atom stereocenters. The molecule has 220 valence electrons. The smallest absolute Gasteiger partial charge is 0.249 e. The van der Waals surface area contributed by atoms with Crippen LogP contribution >= 0.6 is 0 Å². The largest absolute Gasteiger partial charge is 0.396 e. The Morgan fingerprint density at radius 2 is 1.14 bits per heavy atom. The molecule has 37 heavy (non-hydrogen) atoms. The summed E-state index contributed by atoms with van der Waals surface area (Å²) < 4.78 is 0. The van der Waals surface area contributed by atoms with E-state index < -0.39 is 17.4 Å². The van der Waals surface area contributed by atoms with Crippen molar-refractivity contribution in [3.63, 3.8) is 0 Å². The number of amides is 2. The maximum atomic E-state index is 11.9. The average molecular weight is 529 g/mol. The molecule has 2 atom stereocenters. The van der Waals surface area contributed by atoms with Crippen LogP contribution in [-0.4, -0.2) is 59.0 Å². The van der Waals surface area contributed by atoms with Crippen LogP contribution in [0, 0.1) is 5.41 Å². The van der Waals surface area contributed by atoms with Crippen LogP contribution in [0.3, 0.4) is 0 Å². The van der Waals surface area contributed by atoms with E-state index in [-0.39, 0.29) is 31.6 Å². The molecule has 5 N–H and O–H groups in total. The van der Waals surface area contributed by atoms with Gasteiger partial charge in [-0.25, -0.2) is 0 Å². The molecular formula is C30H60N2O5. The summed E-state index contributed by atoms with van der Waals surface area (Å²) in [5, 5.41) is 34.6. The lowest BCUT2D eigenvalue weighted by molar-refractivity contribution is -0.137. The summed E-state index contributed by atoms with van der Waals surface area (Å²) in [4.78, 5) is 23.8. The number of carbonyl (C=O) groups excluding carboxylic acids is 2. The van der Waals surface area contributed by atoms with Gasteiger partial charge in [-0.05, 0) is 19.3 Å². The third-order valence-electron chi connectivity index (χ3n) is 7.22. The Balaban J connectivity index is 3.48. The standard InChI is InChI=1S/C30H60N2O5/c1-4-5-6-7-8-9-10-11-12-13-14-15-16-17-18-20-26(34)21-19-23-31-27(35)22-24-32-29(37)28(36)30(2,3)25-33/h26,28,33-34,36H,4-25H2,1-3H3,(H,31,35)(H,32,37). The zero-order valence-electron chi connectivity index (χ0n) is 24.4. The fraction of sp³-hybridized carbons (Fsp3) is 0.933. The van der Waals surface area contributed by atoms with Gasteiger partial charge in [0.2, 0.25) is 11.8 Å². The van der Waals surface area contributed by atoms with Crippen molar-refractivity contribution in [3.05, 3.63) is 0 Å². The van der Waals surface area contributed by atoms with E-state index in [4.69, 9.17) is 0 Å². The van der Waals surface area contributed by atoms with Crippen LogP contribution in [0.15, 0.2) is 0 Å². The second-order valence-corrected chi connectivity index (χ2v) is 11.5. The Labute approximate surface area is 227 Å². The summed E-state index contributed by atoms with van der Waals surface area (Å²) in [5.41, 5.74) is -0.931. The molecule has 7 nitrogen and oxygen atoms in total. The number of unbranched alkanes of at least 4 members (excludes halogenated alkanes) is 14. The lowest BCUT2D eigenvalue weighted by Crippen LogP contribution is -2.46. The van der Waals surface area contributed by atoms with E-state index in [0.29, 0.717) is 13.0 Å². The number of hydrogen-bond donors (Lipinski definition) is 5. The van der Waals surface area contributed by atoms with Gasteiger partial charge in [0.15, 0.2) is 0 Å². The van der Waals surface area contributed by atoms with Crippen LogP contribution in [0.4, 0.5) is 0 Å². The molecule has 0 saturated carbocycles. The van der Waals surface area contributed by atoms with Gasteiger partial charge in [0, 0.05) is 24.9 Å². The molecule has 2 amide bonds. The van der Waals surface area contributed by atoms with Crippen molar-refractivity contribution < 1.29 is 24.9 Å². The van der Waals surface area contributed by atoms with Crippen molar-refractivity contribution in [2.45, 2.75) is 155 Å². The van der Waals surface area contributed by atoms with Gasteiger partial charge in [-0.3, -0.25) is 9.59 Å². The molecule has 0 fully saturated rings. The highest BCUT2D eigenvalue weighted by molar-refractivity contribution is 5.82. The predicted molar refractivity (Wildman–Crippen MR) is 152 cm³/mol. The van der Waals surface area contributed by atoms with Gasteiger partial charge in [-0.15, -0.1) is 0 Å². The molecule has 0 aromatic carbocycles. The van der Waals surface area contributed by atoms with Crippen LogP contribution in [-0.2, 0) is 9.59 Å². The fourth-order valence-electron chi connectivity index (χ4n) is 4.39. The molecule has 0 aliphatic carbocycles. The summed E-state index contributed by atoms with van der Waals surface area (Å²) in [6.45, 7) is 5.78. The van der Waals surface area contributed by atoms with Crippen molar-refractivity contribution in [2.75, 3.05) is 19.7 Å². The lowest BCUT2D eigenvalue weighted by Gasteiger charge is -2.27. The Kier molecular flexibility index (Phi) is 23.1. The first kappa shape index (κ1) is 35.8. The number of aliphatic hydroxyl groups is 3. The van der Waals surface area contributed by atoms with E-state index in [9.17, 15) is 24.9 Å². The molecular weight excluding hydrogens is 468 g/mol. The van der Waals surface area contributed by atoms with Crippen LogP contribution in [0.2, 0.25) is 0 Å². The topological polar surface area (TPSA) is 119 Å². The van der Waals surface area contributed by atoms with Gasteiger partial charge in [0.25, 0.3) is 0 Å². The quantitative estimate of drug-likeness (QED) is 0.0965. The first-order valence-corrected chi connectivity index (χ1v) is 15.3. The number of rotatable bonds is 26. The molecule has 0 aromatic heterocycles. The Morgan fingerprint density at radius 3 is 1.62 bits per heavy atom. The molecule has 0 aliphatic rings. The summed E-state index contributed by atoms with van der Waals surface area (Å²) in [6, 6.07) is 0. The van der Waals surface area contributed by atoms with Crippen molar-refractivity contribution in [3.8, 4) is 0 Å². The number of carbonyl (C=O) groups is 2. The first-order valence-electron chi connectivity index (χ1n) is 15.3. The van der Waals surface area contributed by atoms with Crippen LogP contribution < -0.4 is 10.6 Å². The molecule has 0 aliphatic heterocycles. The van der Waals surface area contributed by atoms with E-state index in [0.717, 1.165) is 19.3 Å². The molecule has 0 saturated heterocycles.